The van der Waals surface area contributed by atoms with Crippen molar-refractivity contribution in [2.75, 3.05) is 11.4 Å². The maximum atomic E-state index is 13.4. The van der Waals surface area contributed by atoms with E-state index in [4.69, 9.17) is 4.52 Å². The summed E-state index contributed by atoms with van der Waals surface area (Å²) >= 11 is 0. The highest BCUT2D eigenvalue weighted by atomic mass is 19.1. The summed E-state index contributed by atoms with van der Waals surface area (Å²) in [6.45, 7) is 2.59. The summed E-state index contributed by atoms with van der Waals surface area (Å²) in [4.78, 5) is 18.6. The van der Waals surface area contributed by atoms with Crippen LogP contribution in [0.1, 0.15) is 30.7 Å². The molecule has 2 heterocycles. The number of benzene rings is 2. The molecule has 1 saturated heterocycles. The number of hydrogen-bond acceptors (Lipinski definition) is 4. The van der Waals surface area contributed by atoms with Crippen LogP contribution in [0.3, 0.4) is 0 Å². The van der Waals surface area contributed by atoms with E-state index >= 15 is 0 Å². The Morgan fingerprint density at radius 3 is 2.88 bits per heavy atom. The minimum absolute atomic E-state index is 0.0420. The Morgan fingerprint density at radius 1 is 1.23 bits per heavy atom. The van der Waals surface area contributed by atoms with Gasteiger partial charge in [0.15, 0.2) is 5.82 Å². The van der Waals surface area contributed by atoms with Gasteiger partial charge in [-0.15, -0.1) is 0 Å². The third-order valence-corrected chi connectivity index (χ3v) is 4.63. The Labute approximate surface area is 150 Å². The molecule has 6 heteroatoms. The molecule has 1 aromatic heterocycles. The van der Waals surface area contributed by atoms with Crippen molar-refractivity contribution in [3.05, 3.63) is 65.7 Å². The number of nitrogens with zero attached hydrogens (tertiary/aromatic N) is 3. The van der Waals surface area contributed by atoms with E-state index in [0.29, 0.717) is 24.4 Å². The lowest BCUT2D eigenvalue weighted by atomic mass is 10.1. The van der Waals surface area contributed by atoms with E-state index in [0.717, 1.165) is 12.1 Å². The summed E-state index contributed by atoms with van der Waals surface area (Å²) in [7, 11) is 0. The van der Waals surface area contributed by atoms with Crippen LogP contribution in [-0.4, -0.2) is 22.6 Å². The highest BCUT2D eigenvalue weighted by Crippen LogP contribution is 2.32. The van der Waals surface area contributed by atoms with Crippen molar-refractivity contribution >= 4 is 11.6 Å². The topological polar surface area (TPSA) is 59.2 Å². The summed E-state index contributed by atoms with van der Waals surface area (Å²) < 4.78 is 18.6. The molecule has 1 unspecified atom stereocenters. The third-order valence-electron chi connectivity index (χ3n) is 4.63. The molecule has 0 radical (unpaired) electrons. The molecule has 0 aliphatic carbocycles. The monoisotopic (exact) mass is 351 g/mol. The number of halogens is 1. The van der Waals surface area contributed by atoms with Gasteiger partial charge < -0.3 is 9.42 Å². The fraction of sp³-hybridized carbons (Fsp3) is 0.250. The summed E-state index contributed by atoms with van der Waals surface area (Å²) in [6.07, 6.45) is 1.25. The first-order chi connectivity index (χ1) is 12.6. The maximum Gasteiger partial charge on any atom is 0.258 e. The fourth-order valence-corrected chi connectivity index (χ4v) is 3.21. The van der Waals surface area contributed by atoms with Gasteiger partial charge in [-0.05, 0) is 42.3 Å². The number of hydrogen-bond donors (Lipinski definition) is 0. The SMILES string of the molecule is CCc1cccc(N2CC(c3noc(-c4cccc(F)c4)n3)CC2=O)c1. The largest absolute Gasteiger partial charge is 0.334 e. The molecule has 0 spiro atoms. The fourth-order valence-electron chi connectivity index (χ4n) is 3.21. The van der Waals surface area contributed by atoms with Crippen molar-refractivity contribution in [1.29, 1.82) is 0 Å². The first-order valence-corrected chi connectivity index (χ1v) is 8.63. The van der Waals surface area contributed by atoms with Gasteiger partial charge >= 0.3 is 0 Å². The van der Waals surface area contributed by atoms with Crippen LogP contribution >= 0.6 is 0 Å². The zero-order valence-electron chi connectivity index (χ0n) is 14.4. The first-order valence-electron chi connectivity index (χ1n) is 8.63. The molecule has 3 aromatic rings. The zero-order valence-corrected chi connectivity index (χ0v) is 14.4. The highest BCUT2D eigenvalue weighted by molar-refractivity contribution is 5.96. The van der Waals surface area contributed by atoms with Gasteiger partial charge in [-0.2, -0.15) is 4.98 Å². The Morgan fingerprint density at radius 2 is 2.08 bits per heavy atom. The quantitative estimate of drug-likeness (QED) is 0.714. The highest BCUT2D eigenvalue weighted by Gasteiger charge is 2.34. The third kappa shape index (κ3) is 3.10. The Kier molecular flexibility index (Phi) is 4.24. The second-order valence-electron chi connectivity index (χ2n) is 6.40. The molecule has 0 bridgehead atoms. The molecule has 1 amide bonds. The predicted octanol–water partition coefficient (Wildman–Crippen LogP) is 3.96. The molecule has 1 atom stereocenters. The Hall–Kier alpha value is -3.02. The zero-order chi connectivity index (χ0) is 18.1. The second kappa shape index (κ2) is 6.71. The molecule has 1 aliphatic heterocycles. The summed E-state index contributed by atoms with van der Waals surface area (Å²) in [5.41, 5.74) is 2.61. The first kappa shape index (κ1) is 16.4. The maximum absolute atomic E-state index is 13.4. The van der Waals surface area contributed by atoms with Crippen LogP contribution in [0.25, 0.3) is 11.5 Å². The van der Waals surface area contributed by atoms with E-state index in [1.807, 2.05) is 24.3 Å². The molecular weight excluding hydrogens is 333 g/mol. The summed E-state index contributed by atoms with van der Waals surface area (Å²) in [5, 5.41) is 4.01. The number of amides is 1. The standard InChI is InChI=1S/C20H18FN3O2/c1-2-13-5-3-8-17(9-13)24-12-15(11-18(24)25)19-22-20(26-23-19)14-6-4-7-16(21)10-14/h3-10,15H,2,11-12H2,1H3. The molecule has 2 aromatic carbocycles. The van der Waals surface area contributed by atoms with Gasteiger partial charge in [0.2, 0.25) is 5.91 Å². The number of anilines is 1. The average Bonchev–Trinajstić information content (AvgIpc) is 3.28. The number of carbonyl (C=O) groups is 1. The average molecular weight is 351 g/mol. The predicted molar refractivity (Wildman–Crippen MR) is 95.2 cm³/mol. The van der Waals surface area contributed by atoms with Crippen molar-refractivity contribution in [3.63, 3.8) is 0 Å². The lowest BCUT2D eigenvalue weighted by Gasteiger charge is -2.17. The lowest BCUT2D eigenvalue weighted by molar-refractivity contribution is -0.117. The van der Waals surface area contributed by atoms with E-state index < -0.39 is 0 Å². The van der Waals surface area contributed by atoms with E-state index in [1.54, 1.807) is 17.0 Å². The van der Waals surface area contributed by atoms with Gasteiger partial charge in [0.25, 0.3) is 5.89 Å². The van der Waals surface area contributed by atoms with Crippen LogP contribution in [0.15, 0.2) is 53.1 Å². The normalized spacial score (nSPS) is 17.1. The van der Waals surface area contributed by atoms with Crippen LogP contribution in [0.5, 0.6) is 0 Å². The molecule has 0 N–H and O–H groups in total. The number of aromatic nitrogens is 2. The van der Waals surface area contributed by atoms with Crippen molar-refractivity contribution in [2.24, 2.45) is 0 Å². The van der Waals surface area contributed by atoms with Gasteiger partial charge in [-0.1, -0.05) is 30.3 Å². The van der Waals surface area contributed by atoms with Crippen molar-refractivity contribution in [3.8, 4) is 11.5 Å². The molecule has 26 heavy (non-hydrogen) atoms. The molecule has 132 valence electrons. The van der Waals surface area contributed by atoms with Crippen molar-refractivity contribution in [1.82, 2.24) is 10.1 Å². The van der Waals surface area contributed by atoms with E-state index in [-0.39, 0.29) is 23.5 Å². The van der Waals surface area contributed by atoms with Gasteiger partial charge in [0.05, 0.1) is 0 Å². The van der Waals surface area contributed by atoms with Gasteiger partial charge in [0, 0.05) is 30.1 Å². The summed E-state index contributed by atoms with van der Waals surface area (Å²) in [5.74, 6) is 0.282. The Balaban J connectivity index is 1.56. The van der Waals surface area contributed by atoms with Crippen LogP contribution in [0.2, 0.25) is 0 Å². The number of carbonyl (C=O) groups excluding carboxylic acids is 1. The van der Waals surface area contributed by atoms with Crippen molar-refractivity contribution in [2.45, 2.75) is 25.7 Å². The van der Waals surface area contributed by atoms with Crippen LogP contribution in [0.4, 0.5) is 10.1 Å². The van der Waals surface area contributed by atoms with E-state index in [2.05, 4.69) is 17.1 Å². The van der Waals surface area contributed by atoms with E-state index in [1.165, 1.54) is 17.7 Å². The molecule has 1 aliphatic rings. The Bertz CT molecular complexity index is 953. The minimum Gasteiger partial charge on any atom is -0.334 e. The molecule has 4 rings (SSSR count). The molecule has 0 saturated carbocycles. The van der Waals surface area contributed by atoms with Crippen LogP contribution in [0, 0.1) is 5.82 Å². The minimum atomic E-state index is -0.361. The van der Waals surface area contributed by atoms with Gasteiger partial charge in [-0.25, -0.2) is 4.39 Å². The van der Waals surface area contributed by atoms with Crippen molar-refractivity contribution < 1.29 is 13.7 Å². The smallest absolute Gasteiger partial charge is 0.258 e. The van der Waals surface area contributed by atoms with Crippen LogP contribution in [-0.2, 0) is 11.2 Å². The number of aryl methyl sites for hydroxylation is 1. The second-order valence-corrected chi connectivity index (χ2v) is 6.40. The lowest BCUT2D eigenvalue weighted by Crippen LogP contribution is -2.24. The van der Waals surface area contributed by atoms with Gasteiger partial charge in [0.1, 0.15) is 5.82 Å². The summed E-state index contributed by atoms with van der Waals surface area (Å²) in [6, 6.07) is 14.0. The van der Waals surface area contributed by atoms with Gasteiger partial charge in [-0.3, -0.25) is 4.79 Å². The molecule has 1 fully saturated rings. The van der Waals surface area contributed by atoms with E-state index in [9.17, 15) is 9.18 Å². The number of rotatable bonds is 4. The molecular formula is C20H18FN3O2. The molecule has 5 nitrogen and oxygen atoms in total. The van der Waals surface area contributed by atoms with Crippen LogP contribution < -0.4 is 4.90 Å².